The zero-order valence-electron chi connectivity index (χ0n) is 9.24. The average molecular weight is 238 g/mol. The number of rotatable bonds is 2. The van der Waals surface area contributed by atoms with Crippen LogP contribution in [0.2, 0.25) is 0 Å². The van der Waals surface area contributed by atoms with Crippen LogP contribution in [0.5, 0.6) is 0 Å². The second-order valence-corrected chi connectivity index (χ2v) is 4.05. The van der Waals surface area contributed by atoms with E-state index in [1.807, 2.05) is 4.90 Å². The number of nitrogens with two attached hydrogens (primary N) is 1. The molecule has 7 heteroatoms. The van der Waals surface area contributed by atoms with E-state index in [1.54, 1.807) is 6.07 Å². The summed E-state index contributed by atoms with van der Waals surface area (Å²) in [6, 6.07) is 2.95. The van der Waals surface area contributed by atoms with Crippen molar-refractivity contribution in [3.05, 3.63) is 22.2 Å². The Morgan fingerprint density at radius 2 is 2.12 bits per heavy atom. The van der Waals surface area contributed by atoms with Crippen LogP contribution in [0.3, 0.4) is 0 Å². The van der Waals surface area contributed by atoms with Crippen LogP contribution >= 0.6 is 0 Å². The van der Waals surface area contributed by atoms with Crippen molar-refractivity contribution < 1.29 is 10.0 Å². The third-order valence-electron chi connectivity index (χ3n) is 2.87. The Kier molecular flexibility index (Phi) is 3.10. The third-order valence-corrected chi connectivity index (χ3v) is 2.87. The summed E-state index contributed by atoms with van der Waals surface area (Å²) in [5.41, 5.74) is 5.35. The van der Waals surface area contributed by atoms with Gasteiger partial charge in [-0.15, -0.1) is 0 Å². The highest BCUT2D eigenvalue weighted by Crippen LogP contribution is 2.24. The molecule has 92 valence electrons. The van der Waals surface area contributed by atoms with Crippen molar-refractivity contribution in [1.82, 2.24) is 4.98 Å². The molecule has 17 heavy (non-hydrogen) atoms. The second-order valence-electron chi connectivity index (χ2n) is 4.05. The van der Waals surface area contributed by atoms with Gasteiger partial charge >= 0.3 is 5.69 Å². The second kappa shape index (κ2) is 4.54. The fourth-order valence-electron chi connectivity index (χ4n) is 1.88. The summed E-state index contributed by atoms with van der Waals surface area (Å²) < 4.78 is 0. The molecule has 1 aliphatic rings. The topological polar surface area (TPSA) is 106 Å². The van der Waals surface area contributed by atoms with Crippen molar-refractivity contribution in [2.24, 2.45) is 0 Å². The standard InChI is InChI=1S/C10H14N4O3/c11-10-8(14(16)17)1-2-9(12-10)13-5-3-7(15)4-6-13/h1-2,7,15H,3-6H2,(H2,11,12). The fourth-order valence-corrected chi connectivity index (χ4v) is 1.88. The normalized spacial score (nSPS) is 17.1. The van der Waals surface area contributed by atoms with Gasteiger partial charge in [-0.2, -0.15) is 0 Å². The van der Waals surface area contributed by atoms with Gasteiger partial charge in [-0.25, -0.2) is 4.98 Å². The minimum atomic E-state index is -0.550. The predicted octanol–water partition coefficient (Wildman–Crippen LogP) is 0.533. The smallest absolute Gasteiger partial charge is 0.311 e. The van der Waals surface area contributed by atoms with E-state index in [4.69, 9.17) is 5.73 Å². The highest BCUT2D eigenvalue weighted by molar-refractivity contribution is 5.58. The first-order chi connectivity index (χ1) is 8.08. The predicted molar refractivity (Wildman–Crippen MR) is 62.8 cm³/mol. The molecule has 1 aliphatic heterocycles. The molecule has 7 nitrogen and oxygen atoms in total. The lowest BCUT2D eigenvalue weighted by Gasteiger charge is -2.30. The van der Waals surface area contributed by atoms with Gasteiger partial charge in [0.2, 0.25) is 5.82 Å². The van der Waals surface area contributed by atoms with E-state index in [-0.39, 0.29) is 17.6 Å². The van der Waals surface area contributed by atoms with E-state index in [2.05, 4.69) is 4.98 Å². The van der Waals surface area contributed by atoms with Crippen molar-refractivity contribution in [3.8, 4) is 0 Å². The van der Waals surface area contributed by atoms with Gasteiger partial charge in [0, 0.05) is 19.2 Å². The molecule has 3 N–H and O–H groups in total. The van der Waals surface area contributed by atoms with Gasteiger partial charge in [0.1, 0.15) is 5.82 Å². The number of aliphatic hydroxyl groups excluding tert-OH is 1. The lowest BCUT2D eigenvalue weighted by atomic mass is 10.1. The van der Waals surface area contributed by atoms with Gasteiger partial charge in [-0.05, 0) is 18.9 Å². The van der Waals surface area contributed by atoms with Crippen molar-refractivity contribution >= 4 is 17.3 Å². The first kappa shape index (κ1) is 11.6. The zero-order chi connectivity index (χ0) is 12.4. The Hall–Kier alpha value is -1.89. The third kappa shape index (κ3) is 2.44. The average Bonchev–Trinajstić information content (AvgIpc) is 2.29. The number of nitro groups is 1. The maximum Gasteiger partial charge on any atom is 0.311 e. The van der Waals surface area contributed by atoms with Crippen LogP contribution in [-0.4, -0.2) is 34.2 Å². The van der Waals surface area contributed by atoms with Crippen molar-refractivity contribution in [2.45, 2.75) is 18.9 Å². The van der Waals surface area contributed by atoms with Gasteiger partial charge in [0.15, 0.2) is 0 Å². The van der Waals surface area contributed by atoms with Gasteiger partial charge in [-0.1, -0.05) is 0 Å². The first-order valence-corrected chi connectivity index (χ1v) is 5.42. The molecular weight excluding hydrogens is 224 g/mol. The molecule has 1 aromatic heterocycles. The molecule has 0 saturated carbocycles. The summed E-state index contributed by atoms with van der Waals surface area (Å²) in [6.07, 6.45) is 1.10. The summed E-state index contributed by atoms with van der Waals surface area (Å²) in [6.45, 7) is 1.37. The molecule has 2 heterocycles. The minimum Gasteiger partial charge on any atom is -0.393 e. The van der Waals surface area contributed by atoms with E-state index < -0.39 is 4.92 Å². The highest BCUT2D eigenvalue weighted by Gasteiger charge is 2.20. The molecule has 0 aromatic carbocycles. The van der Waals surface area contributed by atoms with Gasteiger partial charge in [0.25, 0.3) is 0 Å². The Balaban J connectivity index is 2.17. The number of aliphatic hydroxyl groups is 1. The van der Waals surface area contributed by atoms with E-state index in [1.165, 1.54) is 6.07 Å². The Morgan fingerprint density at radius 3 is 2.65 bits per heavy atom. The van der Waals surface area contributed by atoms with Crippen LogP contribution in [0.1, 0.15) is 12.8 Å². The Labute approximate surface area is 98.0 Å². The Morgan fingerprint density at radius 1 is 1.47 bits per heavy atom. The summed E-state index contributed by atoms with van der Waals surface area (Å²) in [7, 11) is 0. The molecule has 0 atom stereocenters. The van der Waals surface area contributed by atoms with E-state index in [0.29, 0.717) is 31.7 Å². The molecule has 0 radical (unpaired) electrons. The zero-order valence-corrected chi connectivity index (χ0v) is 9.24. The van der Waals surface area contributed by atoms with Crippen molar-refractivity contribution in [1.29, 1.82) is 0 Å². The SMILES string of the molecule is Nc1nc(N2CCC(O)CC2)ccc1[N+](=O)[O-]. The van der Waals surface area contributed by atoms with Crippen LogP contribution in [0, 0.1) is 10.1 Å². The van der Waals surface area contributed by atoms with Crippen molar-refractivity contribution in [3.63, 3.8) is 0 Å². The number of pyridine rings is 1. The largest absolute Gasteiger partial charge is 0.393 e. The molecule has 1 aromatic rings. The molecule has 2 rings (SSSR count). The monoisotopic (exact) mass is 238 g/mol. The molecule has 0 aliphatic carbocycles. The van der Waals surface area contributed by atoms with E-state index in [9.17, 15) is 15.2 Å². The van der Waals surface area contributed by atoms with Gasteiger partial charge in [-0.3, -0.25) is 10.1 Å². The maximum absolute atomic E-state index is 10.6. The van der Waals surface area contributed by atoms with Gasteiger partial charge < -0.3 is 15.7 Å². The first-order valence-electron chi connectivity index (χ1n) is 5.42. The highest BCUT2D eigenvalue weighted by atomic mass is 16.6. The fraction of sp³-hybridized carbons (Fsp3) is 0.500. The molecular formula is C10H14N4O3. The Bertz CT molecular complexity index is 430. The molecule has 0 unspecified atom stereocenters. The lowest BCUT2D eigenvalue weighted by Crippen LogP contribution is -2.36. The molecule has 1 saturated heterocycles. The lowest BCUT2D eigenvalue weighted by molar-refractivity contribution is -0.384. The number of piperidine rings is 1. The summed E-state index contributed by atoms with van der Waals surface area (Å²) in [4.78, 5) is 16.0. The van der Waals surface area contributed by atoms with E-state index in [0.717, 1.165) is 0 Å². The minimum absolute atomic E-state index is 0.0707. The number of hydrogen-bond donors (Lipinski definition) is 2. The van der Waals surface area contributed by atoms with Gasteiger partial charge in [0.05, 0.1) is 11.0 Å². The van der Waals surface area contributed by atoms with Crippen LogP contribution in [0.15, 0.2) is 12.1 Å². The quantitative estimate of drug-likeness (QED) is 0.575. The number of nitrogens with zero attached hydrogens (tertiary/aromatic N) is 3. The van der Waals surface area contributed by atoms with Crippen LogP contribution in [0.25, 0.3) is 0 Å². The van der Waals surface area contributed by atoms with Crippen LogP contribution < -0.4 is 10.6 Å². The summed E-state index contributed by atoms with van der Waals surface area (Å²) >= 11 is 0. The van der Waals surface area contributed by atoms with E-state index >= 15 is 0 Å². The maximum atomic E-state index is 10.6. The number of aromatic nitrogens is 1. The molecule has 0 spiro atoms. The number of hydrogen-bond acceptors (Lipinski definition) is 6. The number of nitrogen functional groups attached to an aromatic ring is 1. The molecule has 0 amide bonds. The van der Waals surface area contributed by atoms with Crippen molar-refractivity contribution in [2.75, 3.05) is 23.7 Å². The summed E-state index contributed by atoms with van der Waals surface area (Å²) in [5.74, 6) is 0.554. The van der Waals surface area contributed by atoms with Crippen LogP contribution in [-0.2, 0) is 0 Å². The summed E-state index contributed by atoms with van der Waals surface area (Å²) in [5, 5.41) is 20.0. The van der Waals surface area contributed by atoms with Crippen LogP contribution in [0.4, 0.5) is 17.3 Å². The molecule has 1 fully saturated rings. The number of anilines is 2. The molecule has 0 bridgehead atoms.